The molecule has 0 N–H and O–H groups in total. The minimum absolute atomic E-state index is 0.437. The van der Waals surface area contributed by atoms with Crippen LogP contribution in [0.2, 0.25) is 0 Å². The van der Waals surface area contributed by atoms with Gasteiger partial charge in [-0.3, -0.25) is 14.6 Å². The first-order valence-corrected chi connectivity index (χ1v) is 4.61. The van der Waals surface area contributed by atoms with E-state index in [0.717, 1.165) is 17.8 Å². The van der Waals surface area contributed by atoms with Crippen molar-refractivity contribution in [2.24, 2.45) is 0 Å². The molecule has 0 bridgehead atoms. The summed E-state index contributed by atoms with van der Waals surface area (Å²) in [5.41, 5.74) is -0.541. The second-order valence-corrected chi connectivity index (χ2v) is 3.41. The molecule has 0 unspecified atom stereocenters. The maximum Gasteiger partial charge on any atom is 0.406 e. The van der Waals surface area contributed by atoms with Gasteiger partial charge in [0, 0.05) is 19.4 Å². The largest absolute Gasteiger partial charge is 0.406 e. The molecule has 1 amide bonds. The monoisotopic (exact) mass is 249 g/mol. The lowest BCUT2D eigenvalue weighted by molar-refractivity contribution is -0.158. The van der Waals surface area contributed by atoms with Crippen LogP contribution >= 0.6 is 0 Å². The first kappa shape index (κ1) is 13.2. The molecular weight excluding hydrogens is 239 g/mol. The molecule has 94 valence electrons. The molecule has 0 fully saturated rings. The summed E-state index contributed by atoms with van der Waals surface area (Å²) in [6.07, 6.45) is -0.954. The SMILES string of the molecule is CN(CC(F)(F)F)C(=O)Cn1ccncc1=O. The zero-order valence-corrected chi connectivity index (χ0v) is 8.94. The van der Waals surface area contributed by atoms with E-state index in [0.29, 0.717) is 4.90 Å². The van der Waals surface area contributed by atoms with Crippen LogP contribution in [0.3, 0.4) is 0 Å². The highest BCUT2D eigenvalue weighted by molar-refractivity contribution is 5.75. The molecule has 5 nitrogen and oxygen atoms in total. The number of carbonyl (C=O) groups excluding carboxylic acids is 1. The van der Waals surface area contributed by atoms with Gasteiger partial charge in [-0.2, -0.15) is 13.2 Å². The summed E-state index contributed by atoms with van der Waals surface area (Å²) in [6, 6.07) is 0. The number of aromatic nitrogens is 2. The number of alkyl halides is 3. The maximum atomic E-state index is 12.0. The topological polar surface area (TPSA) is 55.2 Å². The van der Waals surface area contributed by atoms with Gasteiger partial charge < -0.3 is 9.47 Å². The Labute approximate surface area is 94.5 Å². The maximum absolute atomic E-state index is 12.0. The Morgan fingerprint density at radius 2 is 2.18 bits per heavy atom. The number of nitrogens with zero attached hydrogens (tertiary/aromatic N) is 3. The van der Waals surface area contributed by atoms with Crippen LogP contribution in [0, 0.1) is 0 Å². The van der Waals surface area contributed by atoms with Crippen molar-refractivity contribution >= 4 is 5.91 Å². The van der Waals surface area contributed by atoms with Crippen molar-refractivity contribution in [3.05, 3.63) is 28.9 Å². The summed E-state index contributed by atoms with van der Waals surface area (Å²) in [7, 11) is 1.03. The predicted octanol–water partition coefficient (Wildman–Crippen LogP) is 0.264. The van der Waals surface area contributed by atoms with Crippen molar-refractivity contribution < 1.29 is 18.0 Å². The fraction of sp³-hybridized carbons (Fsp3) is 0.444. The van der Waals surface area contributed by atoms with Crippen molar-refractivity contribution in [3.63, 3.8) is 0 Å². The number of hydrogen-bond acceptors (Lipinski definition) is 3. The average Bonchev–Trinajstić information content (AvgIpc) is 2.18. The van der Waals surface area contributed by atoms with Gasteiger partial charge in [-0.1, -0.05) is 0 Å². The molecular formula is C9H10F3N3O2. The molecule has 0 saturated heterocycles. The minimum atomic E-state index is -4.45. The summed E-state index contributed by atoms with van der Waals surface area (Å²) >= 11 is 0. The summed E-state index contributed by atoms with van der Waals surface area (Å²) in [4.78, 5) is 26.6. The fourth-order valence-corrected chi connectivity index (χ4v) is 1.13. The normalized spacial score (nSPS) is 11.3. The Kier molecular flexibility index (Phi) is 3.87. The molecule has 0 aromatic carbocycles. The van der Waals surface area contributed by atoms with Gasteiger partial charge in [0.05, 0.1) is 6.20 Å². The van der Waals surface area contributed by atoms with E-state index in [9.17, 15) is 22.8 Å². The first-order valence-electron chi connectivity index (χ1n) is 4.61. The molecule has 17 heavy (non-hydrogen) atoms. The summed E-state index contributed by atoms with van der Waals surface area (Å²) < 4.78 is 37.0. The van der Waals surface area contributed by atoms with Crippen LogP contribution in [0.4, 0.5) is 13.2 Å². The Morgan fingerprint density at radius 3 is 2.71 bits per heavy atom. The van der Waals surface area contributed by atoms with E-state index < -0.39 is 30.7 Å². The van der Waals surface area contributed by atoms with Crippen LogP contribution in [0.5, 0.6) is 0 Å². The lowest BCUT2D eigenvalue weighted by Gasteiger charge is -2.19. The molecule has 0 spiro atoms. The molecule has 0 radical (unpaired) electrons. The van der Waals surface area contributed by atoms with Crippen LogP contribution in [-0.4, -0.2) is 40.1 Å². The van der Waals surface area contributed by atoms with Crippen molar-refractivity contribution in [2.45, 2.75) is 12.7 Å². The third kappa shape index (κ3) is 4.25. The van der Waals surface area contributed by atoms with Crippen molar-refractivity contribution in [3.8, 4) is 0 Å². The van der Waals surface area contributed by atoms with Crippen molar-refractivity contribution in [2.75, 3.05) is 13.6 Å². The van der Waals surface area contributed by atoms with Gasteiger partial charge >= 0.3 is 6.18 Å². The predicted molar refractivity (Wildman–Crippen MR) is 52.2 cm³/mol. The molecule has 0 aliphatic carbocycles. The van der Waals surface area contributed by atoms with Gasteiger partial charge in [-0.25, -0.2) is 0 Å². The second kappa shape index (κ2) is 4.98. The Hall–Kier alpha value is -1.86. The highest BCUT2D eigenvalue weighted by atomic mass is 19.4. The minimum Gasteiger partial charge on any atom is -0.335 e. The number of halogens is 3. The molecule has 1 aromatic heterocycles. The summed E-state index contributed by atoms with van der Waals surface area (Å²) in [6.45, 7) is -1.78. The van der Waals surface area contributed by atoms with Gasteiger partial charge in [-0.05, 0) is 0 Å². The lowest BCUT2D eigenvalue weighted by atomic mass is 10.4. The fourth-order valence-electron chi connectivity index (χ4n) is 1.13. The van der Waals surface area contributed by atoms with Gasteiger partial charge in [-0.15, -0.1) is 0 Å². The molecule has 0 aliphatic rings. The van der Waals surface area contributed by atoms with Crippen LogP contribution in [-0.2, 0) is 11.3 Å². The third-order valence-corrected chi connectivity index (χ3v) is 1.95. The third-order valence-electron chi connectivity index (χ3n) is 1.95. The standard InChI is InChI=1S/C9H10F3N3O2/c1-14(6-9(10,11)12)8(17)5-15-3-2-13-4-7(15)16/h2-4H,5-6H2,1H3. The second-order valence-electron chi connectivity index (χ2n) is 3.41. The van der Waals surface area contributed by atoms with Crippen LogP contribution in [0.1, 0.15) is 0 Å². The molecule has 1 rings (SSSR count). The van der Waals surface area contributed by atoms with Crippen LogP contribution in [0.25, 0.3) is 0 Å². The lowest BCUT2D eigenvalue weighted by Crippen LogP contribution is -2.39. The Balaban J connectivity index is 2.67. The van der Waals surface area contributed by atoms with Gasteiger partial charge in [0.2, 0.25) is 5.91 Å². The number of amides is 1. The van der Waals surface area contributed by atoms with E-state index in [1.807, 2.05) is 0 Å². The van der Waals surface area contributed by atoms with E-state index in [2.05, 4.69) is 4.98 Å². The molecule has 8 heteroatoms. The smallest absolute Gasteiger partial charge is 0.335 e. The van der Waals surface area contributed by atoms with Gasteiger partial charge in [0.15, 0.2) is 0 Å². The van der Waals surface area contributed by atoms with E-state index in [4.69, 9.17) is 0 Å². The van der Waals surface area contributed by atoms with E-state index in [1.165, 1.54) is 12.4 Å². The molecule has 0 saturated carbocycles. The molecule has 0 atom stereocenters. The van der Waals surface area contributed by atoms with E-state index in [-0.39, 0.29) is 0 Å². The molecule has 0 aliphatic heterocycles. The van der Waals surface area contributed by atoms with E-state index in [1.54, 1.807) is 0 Å². The van der Waals surface area contributed by atoms with E-state index >= 15 is 0 Å². The highest BCUT2D eigenvalue weighted by Crippen LogP contribution is 2.15. The van der Waals surface area contributed by atoms with Crippen LogP contribution < -0.4 is 5.56 Å². The molecule has 1 aromatic rings. The van der Waals surface area contributed by atoms with Gasteiger partial charge in [0.25, 0.3) is 5.56 Å². The number of hydrogen-bond donors (Lipinski definition) is 0. The van der Waals surface area contributed by atoms with Crippen LogP contribution in [0.15, 0.2) is 23.4 Å². The number of carbonyl (C=O) groups is 1. The van der Waals surface area contributed by atoms with Crippen molar-refractivity contribution in [1.29, 1.82) is 0 Å². The summed E-state index contributed by atoms with van der Waals surface area (Å²) in [5, 5.41) is 0. The summed E-state index contributed by atoms with van der Waals surface area (Å²) in [5.74, 6) is -0.796. The number of rotatable bonds is 3. The zero-order chi connectivity index (χ0) is 13.1. The first-order chi connectivity index (χ1) is 7.79. The molecule has 1 heterocycles. The average molecular weight is 249 g/mol. The quantitative estimate of drug-likeness (QED) is 0.772. The zero-order valence-electron chi connectivity index (χ0n) is 8.94. The van der Waals surface area contributed by atoms with Crippen molar-refractivity contribution in [1.82, 2.24) is 14.5 Å². The Morgan fingerprint density at radius 1 is 1.53 bits per heavy atom. The highest BCUT2D eigenvalue weighted by Gasteiger charge is 2.31. The Bertz CT molecular complexity index is 455. The number of likely N-dealkylation sites (N-methyl/N-ethyl adjacent to an activating group) is 1. The van der Waals surface area contributed by atoms with Gasteiger partial charge in [0.1, 0.15) is 13.1 Å².